The molecule has 0 aromatic heterocycles. The van der Waals surface area contributed by atoms with Crippen molar-refractivity contribution in [2.75, 3.05) is 13.7 Å². The first kappa shape index (κ1) is 13.4. The van der Waals surface area contributed by atoms with Gasteiger partial charge in [0.05, 0.1) is 0 Å². The Balaban J connectivity index is 2.79. The summed E-state index contributed by atoms with van der Waals surface area (Å²) in [6.45, 7) is 4.57. The number of benzene rings is 1. The zero-order chi connectivity index (χ0) is 12.1. The molecule has 0 saturated heterocycles. The predicted octanol–water partition coefficient (Wildman–Crippen LogP) is 3.61. The summed E-state index contributed by atoms with van der Waals surface area (Å²) < 4.78 is 5.86. The number of halogens is 1. The third-order valence-corrected chi connectivity index (χ3v) is 3.25. The van der Waals surface area contributed by atoms with Crippen LogP contribution in [0.3, 0.4) is 0 Å². The number of carbonyl (C=O) groups is 1. The highest BCUT2D eigenvalue weighted by Crippen LogP contribution is 2.22. The van der Waals surface area contributed by atoms with Crippen molar-refractivity contribution in [2.24, 2.45) is 5.92 Å². The first-order chi connectivity index (χ1) is 7.56. The molecule has 1 rings (SSSR count). The normalized spacial score (nSPS) is 12.5. The van der Waals surface area contributed by atoms with E-state index >= 15 is 0 Å². The van der Waals surface area contributed by atoms with Crippen LogP contribution < -0.4 is 0 Å². The Morgan fingerprint density at radius 2 is 2.19 bits per heavy atom. The lowest BCUT2D eigenvalue weighted by atomic mass is 9.96. The van der Waals surface area contributed by atoms with Crippen molar-refractivity contribution >= 4 is 21.7 Å². The number of hydrogen-bond donors (Lipinski definition) is 0. The Kier molecular flexibility index (Phi) is 5.16. The largest absolute Gasteiger partial charge is 0.385 e. The van der Waals surface area contributed by atoms with Gasteiger partial charge in [0.2, 0.25) is 0 Å². The summed E-state index contributed by atoms with van der Waals surface area (Å²) >= 11 is 3.43. The second kappa shape index (κ2) is 6.16. The maximum atomic E-state index is 12.1. The van der Waals surface area contributed by atoms with Gasteiger partial charge in [-0.25, -0.2) is 0 Å². The van der Waals surface area contributed by atoms with E-state index in [2.05, 4.69) is 15.9 Å². The smallest absolute Gasteiger partial charge is 0.166 e. The highest BCUT2D eigenvalue weighted by Gasteiger charge is 2.17. The van der Waals surface area contributed by atoms with Crippen LogP contribution >= 0.6 is 15.9 Å². The van der Waals surface area contributed by atoms with Crippen LogP contribution in [0.5, 0.6) is 0 Å². The van der Waals surface area contributed by atoms with E-state index in [0.29, 0.717) is 6.61 Å². The molecule has 0 spiro atoms. The molecule has 0 saturated carbocycles. The van der Waals surface area contributed by atoms with Gasteiger partial charge in [0.25, 0.3) is 0 Å². The minimum atomic E-state index is -0.000967. The summed E-state index contributed by atoms with van der Waals surface area (Å²) in [4.78, 5) is 12.1. The van der Waals surface area contributed by atoms with Gasteiger partial charge in [-0.3, -0.25) is 4.79 Å². The third kappa shape index (κ3) is 3.42. The van der Waals surface area contributed by atoms with Crippen LogP contribution in [0.2, 0.25) is 0 Å². The molecule has 1 atom stereocenters. The first-order valence-corrected chi connectivity index (χ1v) is 6.15. The van der Waals surface area contributed by atoms with Crippen LogP contribution in [0.1, 0.15) is 29.3 Å². The van der Waals surface area contributed by atoms with Crippen LogP contribution in [-0.4, -0.2) is 19.5 Å². The molecule has 0 N–H and O–H groups in total. The molecule has 88 valence electrons. The summed E-state index contributed by atoms with van der Waals surface area (Å²) in [5, 5.41) is 0. The number of ether oxygens (including phenoxy) is 1. The summed E-state index contributed by atoms with van der Waals surface area (Å²) in [5.74, 6) is 0.169. The number of ketones is 1. The van der Waals surface area contributed by atoms with Crippen molar-refractivity contribution in [3.8, 4) is 0 Å². The Morgan fingerprint density at radius 3 is 2.75 bits per heavy atom. The van der Waals surface area contributed by atoms with Crippen molar-refractivity contribution < 1.29 is 9.53 Å². The fraction of sp³-hybridized carbons (Fsp3) is 0.462. The quantitative estimate of drug-likeness (QED) is 0.772. The highest BCUT2D eigenvalue weighted by molar-refractivity contribution is 9.10. The van der Waals surface area contributed by atoms with E-state index in [1.54, 1.807) is 7.11 Å². The van der Waals surface area contributed by atoms with E-state index in [0.717, 1.165) is 22.0 Å². The summed E-state index contributed by atoms with van der Waals surface area (Å²) in [5.41, 5.74) is 1.90. The molecule has 16 heavy (non-hydrogen) atoms. The van der Waals surface area contributed by atoms with E-state index in [1.165, 1.54) is 0 Å². The number of methoxy groups -OCH3 is 1. The van der Waals surface area contributed by atoms with Crippen LogP contribution in [0, 0.1) is 12.8 Å². The molecular formula is C13H17BrO2. The molecule has 0 aliphatic carbocycles. The lowest BCUT2D eigenvalue weighted by molar-refractivity contribution is 0.0893. The molecule has 3 heteroatoms. The Morgan fingerprint density at radius 1 is 1.50 bits per heavy atom. The number of Topliss-reactive ketones (excluding diaryl/α,β-unsaturated/α-hetero) is 1. The fourth-order valence-corrected chi connectivity index (χ4v) is 2.20. The zero-order valence-electron chi connectivity index (χ0n) is 9.92. The molecule has 0 amide bonds. The average molecular weight is 285 g/mol. The van der Waals surface area contributed by atoms with Crippen LogP contribution in [-0.2, 0) is 4.74 Å². The van der Waals surface area contributed by atoms with Gasteiger partial charge in [-0.1, -0.05) is 28.9 Å². The molecule has 0 radical (unpaired) electrons. The summed E-state index contributed by atoms with van der Waals surface area (Å²) in [6, 6.07) is 5.81. The topological polar surface area (TPSA) is 26.3 Å². The molecule has 0 aliphatic heterocycles. The van der Waals surface area contributed by atoms with Gasteiger partial charge >= 0.3 is 0 Å². The highest BCUT2D eigenvalue weighted by atomic mass is 79.9. The van der Waals surface area contributed by atoms with Gasteiger partial charge in [-0.2, -0.15) is 0 Å². The molecule has 0 fully saturated rings. The predicted molar refractivity (Wildman–Crippen MR) is 68.9 cm³/mol. The van der Waals surface area contributed by atoms with E-state index in [9.17, 15) is 4.79 Å². The Bertz CT molecular complexity index is 374. The van der Waals surface area contributed by atoms with E-state index < -0.39 is 0 Å². The van der Waals surface area contributed by atoms with E-state index in [4.69, 9.17) is 4.74 Å². The summed E-state index contributed by atoms with van der Waals surface area (Å²) in [6.07, 6.45) is 0.760. The summed E-state index contributed by atoms with van der Waals surface area (Å²) in [7, 11) is 1.65. The van der Waals surface area contributed by atoms with Gasteiger partial charge in [0.15, 0.2) is 5.78 Å². The number of aryl methyl sites for hydroxylation is 1. The molecule has 1 aromatic rings. The van der Waals surface area contributed by atoms with Crippen molar-refractivity contribution in [3.63, 3.8) is 0 Å². The molecule has 1 unspecified atom stereocenters. The molecule has 0 bridgehead atoms. The van der Waals surface area contributed by atoms with Crippen molar-refractivity contribution in [1.82, 2.24) is 0 Å². The van der Waals surface area contributed by atoms with Crippen molar-refractivity contribution in [2.45, 2.75) is 20.3 Å². The standard InChI is InChI=1S/C13H17BrO2/c1-9-4-5-11(12(14)8-9)13(15)10(2)6-7-16-3/h4-5,8,10H,6-7H2,1-3H3. The monoisotopic (exact) mass is 284 g/mol. The van der Waals surface area contributed by atoms with Gasteiger partial charge in [-0.05, 0) is 31.0 Å². The third-order valence-electron chi connectivity index (χ3n) is 2.59. The van der Waals surface area contributed by atoms with Gasteiger partial charge in [0, 0.05) is 29.7 Å². The SMILES string of the molecule is COCCC(C)C(=O)c1ccc(C)cc1Br. The van der Waals surface area contributed by atoms with Gasteiger partial charge < -0.3 is 4.74 Å². The minimum absolute atomic E-state index is 0.000967. The molecule has 0 heterocycles. The molecule has 2 nitrogen and oxygen atoms in total. The molecule has 1 aromatic carbocycles. The van der Waals surface area contributed by atoms with Crippen molar-refractivity contribution in [1.29, 1.82) is 0 Å². The van der Waals surface area contributed by atoms with Crippen LogP contribution in [0.15, 0.2) is 22.7 Å². The molecule has 0 aliphatic rings. The van der Waals surface area contributed by atoms with Gasteiger partial charge in [-0.15, -0.1) is 0 Å². The minimum Gasteiger partial charge on any atom is -0.385 e. The number of rotatable bonds is 5. The second-order valence-electron chi connectivity index (χ2n) is 4.03. The molecular weight excluding hydrogens is 268 g/mol. The van der Waals surface area contributed by atoms with Crippen LogP contribution in [0.4, 0.5) is 0 Å². The van der Waals surface area contributed by atoms with Crippen LogP contribution in [0.25, 0.3) is 0 Å². The average Bonchev–Trinajstić information content (AvgIpc) is 2.25. The van der Waals surface area contributed by atoms with Gasteiger partial charge in [0.1, 0.15) is 0 Å². The second-order valence-corrected chi connectivity index (χ2v) is 4.88. The number of hydrogen-bond acceptors (Lipinski definition) is 2. The number of carbonyl (C=O) groups excluding carboxylic acids is 1. The van der Waals surface area contributed by atoms with E-state index in [-0.39, 0.29) is 11.7 Å². The first-order valence-electron chi connectivity index (χ1n) is 5.35. The maximum absolute atomic E-state index is 12.1. The lowest BCUT2D eigenvalue weighted by Gasteiger charge is -2.11. The fourth-order valence-electron chi connectivity index (χ4n) is 1.51. The lowest BCUT2D eigenvalue weighted by Crippen LogP contribution is -2.14. The zero-order valence-corrected chi connectivity index (χ0v) is 11.5. The van der Waals surface area contributed by atoms with Crippen molar-refractivity contribution in [3.05, 3.63) is 33.8 Å². The Labute approximate surface area is 105 Å². The Hall–Kier alpha value is -0.670. The van der Waals surface area contributed by atoms with E-state index in [1.807, 2.05) is 32.0 Å². The maximum Gasteiger partial charge on any atom is 0.166 e.